The van der Waals surface area contributed by atoms with E-state index < -0.39 is 0 Å². The van der Waals surface area contributed by atoms with Crippen LogP contribution in [0.1, 0.15) is 39.9 Å². The number of nitrogens with zero attached hydrogens (tertiary/aromatic N) is 2. The zero-order valence-corrected chi connectivity index (χ0v) is 24.1. The summed E-state index contributed by atoms with van der Waals surface area (Å²) in [7, 11) is 0. The standard InChI is InChI=1S/C34H31N5OS/c1-4-8-27(32-14-11-21(2)41-32)28-18-31(36-22(28)3)34-29-17-24(12-13-30(29)38-39-34)25-16-26(20-35-19-25)37-33(40)15-23-9-6-5-7-10-23/h5-14,16-20,36H,4,15H2,1-3H3,(H,37,40)(H,38,39)/b27-8+. The van der Waals surface area contributed by atoms with Gasteiger partial charge in [-0.15, -0.1) is 11.3 Å². The highest BCUT2D eigenvalue weighted by molar-refractivity contribution is 7.13. The minimum absolute atomic E-state index is 0.0742. The molecule has 0 aliphatic carbocycles. The van der Waals surface area contributed by atoms with Crippen molar-refractivity contribution in [2.45, 2.75) is 33.6 Å². The second-order valence-corrected chi connectivity index (χ2v) is 11.5. The van der Waals surface area contributed by atoms with E-state index in [1.807, 2.05) is 66.1 Å². The largest absolute Gasteiger partial charge is 0.357 e. The molecule has 41 heavy (non-hydrogen) atoms. The molecule has 4 heterocycles. The first kappa shape index (κ1) is 26.5. The van der Waals surface area contributed by atoms with Crippen molar-refractivity contribution in [1.82, 2.24) is 20.2 Å². The minimum atomic E-state index is -0.0742. The molecule has 0 bridgehead atoms. The van der Waals surface area contributed by atoms with Gasteiger partial charge in [0.05, 0.1) is 29.5 Å². The molecule has 1 amide bonds. The lowest BCUT2D eigenvalue weighted by Gasteiger charge is -2.08. The smallest absolute Gasteiger partial charge is 0.228 e. The van der Waals surface area contributed by atoms with Gasteiger partial charge in [0.2, 0.25) is 5.91 Å². The number of aromatic amines is 2. The first-order valence-electron chi connectivity index (χ1n) is 13.7. The molecule has 6 rings (SSSR count). The molecule has 3 N–H and O–H groups in total. The van der Waals surface area contributed by atoms with Crippen LogP contribution in [0.15, 0.2) is 91.3 Å². The Morgan fingerprint density at radius 2 is 1.83 bits per heavy atom. The minimum Gasteiger partial charge on any atom is -0.357 e. The number of thiophene rings is 1. The van der Waals surface area contributed by atoms with Crippen LogP contribution in [-0.4, -0.2) is 26.1 Å². The Labute approximate surface area is 243 Å². The number of fused-ring (bicyclic) bond motifs is 1. The first-order chi connectivity index (χ1) is 20.0. The molecule has 0 aliphatic heterocycles. The first-order valence-corrected chi connectivity index (χ1v) is 14.5. The molecule has 204 valence electrons. The molecule has 0 spiro atoms. The van der Waals surface area contributed by atoms with Crippen molar-refractivity contribution in [1.29, 1.82) is 0 Å². The van der Waals surface area contributed by atoms with Crippen molar-refractivity contribution < 1.29 is 4.79 Å². The summed E-state index contributed by atoms with van der Waals surface area (Å²) < 4.78 is 0. The van der Waals surface area contributed by atoms with Gasteiger partial charge in [-0.05, 0) is 73.4 Å². The fraction of sp³-hybridized carbons (Fsp3) is 0.147. The zero-order valence-electron chi connectivity index (χ0n) is 23.3. The highest BCUT2D eigenvalue weighted by atomic mass is 32.1. The highest BCUT2D eigenvalue weighted by Gasteiger charge is 2.17. The van der Waals surface area contributed by atoms with Crippen molar-refractivity contribution in [2.24, 2.45) is 0 Å². The van der Waals surface area contributed by atoms with E-state index in [9.17, 15) is 4.79 Å². The number of aromatic nitrogens is 4. The van der Waals surface area contributed by atoms with Gasteiger partial charge in [-0.1, -0.05) is 49.4 Å². The maximum Gasteiger partial charge on any atom is 0.228 e. The topological polar surface area (TPSA) is 86.5 Å². The molecule has 0 aliphatic rings. The third kappa shape index (κ3) is 5.62. The van der Waals surface area contributed by atoms with Crippen LogP contribution in [0.5, 0.6) is 0 Å². The van der Waals surface area contributed by atoms with Crippen molar-refractivity contribution in [3.05, 3.63) is 118 Å². The second-order valence-electron chi connectivity index (χ2n) is 10.2. The summed E-state index contributed by atoms with van der Waals surface area (Å²) in [5.41, 5.74) is 9.90. The van der Waals surface area contributed by atoms with Gasteiger partial charge in [-0.2, -0.15) is 5.10 Å². The predicted octanol–water partition coefficient (Wildman–Crippen LogP) is 8.32. The number of anilines is 1. The molecule has 6 aromatic rings. The Morgan fingerprint density at radius 3 is 2.61 bits per heavy atom. The van der Waals surface area contributed by atoms with Crippen LogP contribution in [0.2, 0.25) is 0 Å². The number of nitrogens with one attached hydrogen (secondary N) is 3. The molecule has 0 saturated heterocycles. The van der Waals surface area contributed by atoms with Gasteiger partial charge in [0, 0.05) is 38.2 Å². The van der Waals surface area contributed by atoms with Crippen molar-refractivity contribution in [3.63, 3.8) is 0 Å². The van der Waals surface area contributed by atoms with E-state index in [2.05, 4.69) is 76.6 Å². The summed E-state index contributed by atoms with van der Waals surface area (Å²) in [5, 5.41) is 11.9. The number of pyridine rings is 1. The van der Waals surface area contributed by atoms with E-state index in [4.69, 9.17) is 0 Å². The van der Waals surface area contributed by atoms with Gasteiger partial charge in [-0.3, -0.25) is 14.9 Å². The number of amides is 1. The van der Waals surface area contributed by atoms with Gasteiger partial charge in [0.15, 0.2) is 0 Å². The van der Waals surface area contributed by atoms with Crippen LogP contribution in [0.25, 0.3) is 39.0 Å². The molecule has 0 atom stereocenters. The van der Waals surface area contributed by atoms with Crippen LogP contribution in [-0.2, 0) is 11.2 Å². The monoisotopic (exact) mass is 557 g/mol. The lowest BCUT2D eigenvalue weighted by atomic mass is 10.0. The number of hydrogen-bond donors (Lipinski definition) is 3. The summed E-state index contributed by atoms with van der Waals surface area (Å²) >= 11 is 1.82. The Balaban J connectivity index is 1.30. The van der Waals surface area contributed by atoms with Crippen LogP contribution in [0.4, 0.5) is 5.69 Å². The number of carbonyl (C=O) groups is 1. The maximum atomic E-state index is 12.6. The summed E-state index contributed by atoms with van der Waals surface area (Å²) in [6.45, 7) is 6.43. The van der Waals surface area contributed by atoms with Crippen molar-refractivity contribution >= 4 is 39.4 Å². The number of allylic oxidation sites excluding steroid dienone is 1. The number of hydrogen-bond acceptors (Lipinski definition) is 4. The zero-order chi connectivity index (χ0) is 28.3. The van der Waals surface area contributed by atoms with Crippen molar-refractivity contribution in [2.75, 3.05) is 5.32 Å². The lowest BCUT2D eigenvalue weighted by Crippen LogP contribution is -2.14. The Bertz CT molecular complexity index is 1880. The number of rotatable bonds is 8. The lowest BCUT2D eigenvalue weighted by molar-refractivity contribution is -0.115. The van der Waals surface area contributed by atoms with Gasteiger partial charge >= 0.3 is 0 Å². The molecular formula is C34H31N5OS. The molecule has 0 unspecified atom stereocenters. The summed E-state index contributed by atoms with van der Waals surface area (Å²) in [5.74, 6) is -0.0742. The van der Waals surface area contributed by atoms with Crippen LogP contribution in [0.3, 0.4) is 0 Å². The van der Waals surface area contributed by atoms with Gasteiger partial charge in [0.25, 0.3) is 0 Å². The molecular weight excluding hydrogens is 526 g/mol. The van der Waals surface area contributed by atoms with E-state index in [0.717, 1.165) is 51.1 Å². The highest BCUT2D eigenvalue weighted by Crippen LogP contribution is 2.36. The van der Waals surface area contributed by atoms with Crippen LogP contribution >= 0.6 is 11.3 Å². The van der Waals surface area contributed by atoms with E-state index in [1.54, 1.807) is 6.20 Å². The van der Waals surface area contributed by atoms with Crippen molar-refractivity contribution in [3.8, 4) is 22.5 Å². The molecule has 0 radical (unpaired) electrons. The average Bonchev–Trinajstić information content (AvgIpc) is 3.70. The summed E-state index contributed by atoms with van der Waals surface area (Å²) in [4.78, 5) is 23.2. The third-order valence-corrected chi connectivity index (χ3v) is 8.13. The van der Waals surface area contributed by atoms with E-state index in [-0.39, 0.29) is 5.91 Å². The molecule has 4 aromatic heterocycles. The van der Waals surface area contributed by atoms with Gasteiger partial charge in [0.1, 0.15) is 5.69 Å². The molecule has 7 heteroatoms. The molecule has 6 nitrogen and oxygen atoms in total. The van der Waals surface area contributed by atoms with E-state index in [1.165, 1.54) is 20.9 Å². The fourth-order valence-corrected chi connectivity index (χ4v) is 6.07. The number of aryl methyl sites for hydroxylation is 2. The molecule has 0 fully saturated rings. The Hall–Kier alpha value is -4.75. The Kier molecular flexibility index (Phi) is 7.35. The summed E-state index contributed by atoms with van der Waals surface area (Å²) in [6, 6.07) is 24.5. The maximum absolute atomic E-state index is 12.6. The normalized spacial score (nSPS) is 11.7. The quantitative estimate of drug-likeness (QED) is 0.176. The Morgan fingerprint density at radius 1 is 0.976 bits per heavy atom. The predicted molar refractivity (Wildman–Crippen MR) is 169 cm³/mol. The SMILES string of the molecule is CC/C=C(/c1ccc(C)s1)c1cc(-c2n[nH]c3ccc(-c4cncc(NC(=O)Cc5ccccc5)c4)cc23)[nH]c1C. The average molecular weight is 558 g/mol. The molecule has 2 aromatic carbocycles. The van der Waals surface area contributed by atoms with E-state index >= 15 is 0 Å². The number of carbonyl (C=O) groups excluding carboxylic acids is 1. The van der Waals surface area contributed by atoms with Crippen LogP contribution < -0.4 is 5.32 Å². The van der Waals surface area contributed by atoms with Gasteiger partial charge in [-0.25, -0.2) is 0 Å². The number of H-pyrrole nitrogens is 2. The van der Waals surface area contributed by atoms with E-state index in [0.29, 0.717) is 12.1 Å². The van der Waals surface area contributed by atoms with Gasteiger partial charge < -0.3 is 10.3 Å². The second kappa shape index (κ2) is 11.4. The summed E-state index contributed by atoms with van der Waals surface area (Å²) in [6.07, 6.45) is 7.06. The molecule has 0 saturated carbocycles. The number of benzene rings is 2. The van der Waals surface area contributed by atoms with Crippen LogP contribution in [0, 0.1) is 13.8 Å². The fourth-order valence-electron chi connectivity index (χ4n) is 5.14. The third-order valence-electron chi connectivity index (χ3n) is 7.10.